The zero-order valence-corrected chi connectivity index (χ0v) is 14.5. The van der Waals surface area contributed by atoms with E-state index in [2.05, 4.69) is 46.4 Å². The molecule has 0 amide bonds. The molecule has 0 atom stereocenters. The summed E-state index contributed by atoms with van der Waals surface area (Å²) < 4.78 is 6.15. The van der Waals surface area contributed by atoms with Gasteiger partial charge in [0.25, 0.3) is 0 Å². The van der Waals surface area contributed by atoms with Crippen LogP contribution in [0.3, 0.4) is 0 Å². The maximum Gasteiger partial charge on any atom is 0.0613 e. The quantitative estimate of drug-likeness (QED) is 0.745. The van der Waals surface area contributed by atoms with Crippen LogP contribution in [0.4, 0.5) is 0 Å². The van der Waals surface area contributed by atoms with E-state index in [9.17, 15) is 0 Å². The van der Waals surface area contributed by atoms with Crippen molar-refractivity contribution in [1.82, 2.24) is 4.90 Å². The van der Waals surface area contributed by atoms with Gasteiger partial charge in [0.15, 0.2) is 0 Å². The smallest absolute Gasteiger partial charge is 0.0613 e. The second kappa shape index (κ2) is 5.96. The predicted octanol–water partition coefficient (Wildman–Crippen LogP) is 4.62. The first-order valence-corrected chi connectivity index (χ1v) is 8.64. The molecule has 2 aliphatic rings. The largest absolute Gasteiger partial charge is 0.375 e. The Morgan fingerprint density at radius 3 is 1.95 bits per heavy atom. The standard InChI is InChI=1S/C18H35NO/c1-14(2)20-16-11-17(3,4)19(18(5,6)12-16)13-15-9-7-8-10-15/h14-16H,7-13H2,1-6H3. The summed E-state index contributed by atoms with van der Waals surface area (Å²) in [5, 5.41) is 0. The lowest BCUT2D eigenvalue weighted by atomic mass is 9.77. The lowest BCUT2D eigenvalue weighted by Crippen LogP contribution is -2.63. The van der Waals surface area contributed by atoms with E-state index in [0.29, 0.717) is 12.2 Å². The number of nitrogens with zero attached hydrogens (tertiary/aromatic N) is 1. The maximum absolute atomic E-state index is 6.15. The Morgan fingerprint density at radius 1 is 1.00 bits per heavy atom. The highest BCUT2D eigenvalue weighted by Crippen LogP contribution is 2.41. The Hall–Kier alpha value is -0.0800. The molecule has 1 heterocycles. The fourth-order valence-corrected chi connectivity index (χ4v) is 4.65. The van der Waals surface area contributed by atoms with Crippen LogP contribution in [-0.2, 0) is 4.74 Å². The lowest BCUT2D eigenvalue weighted by Gasteiger charge is -2.56. The molecule has 1 saturated carbocycles. The summed E-state index contributed by atoms with van der Waals surface area (Å²) in [6.45, 7) is 15.3. The highest BCUT2D eigenvalue weighted by molar-refractivity contribution is 5.01. The second-order valence-corrected chi connectivity index (χ2v) is 8.60. The van der Waals surface area contributed by atoms with Crippen molar-refractivity contribution in [2.24, 2.45) is 5.92 Å². The SMILES string of the molecule is CC(C)OC1CC(C)(C)N(CC2CCCC2)C(C)(C)C1. The van der Waals surface area contributed by atoms with Gasteiger partial charge in [0.05, 0.1) is 12.2 Å². The highest BCUT2D eigenvalue weighted by Gasteiger charge is 2.46. The van der Waals surface area contributed by atoms with Crippen molar-refractivity contribution in [2.75, 3.05) is 6.54 Å². The van der Waals surface area contributed by atoms with Crippen LogP contribution < -0.4 is 0 Å². The lowest BCUT2D eigenvalue weighted by molar-refractivity contribution is -0.121. The molecule has 2 heteroatoms. The van der Waals surface area contributed by atoms with Crippen LogP contribution in [0.5, 0.6) is 0 Å². The van der Waals surface area contributed by atoms with Gasteiger partial charge in [-0.25, -0.2) is 0 Å². The Morgan fingerprint density at radius 2 is 1.50 bits per heavy atom. The average Bonchev–Trinajstić information content (AvgIpc) is 2.73. The molecule has 1 aliphatic heterocycles. The Kier molecular flexibility index (Phi) is 4.86. The third-order valence-corrected chi connectivity index (χ3v) is 5.30. The minimum Gasteiger partial charge on any atom is -0.375 e. The van der Waals surface area contributed by atoms with Crippen molar-refractivity contribution in [1.29, 1.82) is 0 Å². The molecule has 1 aliphatic carbocycles. The number of hydrogen-bond donors (Lipinski definition) is 0. The van der Waals surface area contributed by atoms with E-state index >= 15 is 0 Å². The number of likely N-dealkylation sites (tertiary alicyclic amines) is 1. The third kappa shape index (κ3) is 3.76. The zero-order chi connectivity index (χ0) is 15.0. The van der Waals surface area contributed by atoms with Gasteiger partial charge in [0.2, 0.25) is 0 Å². The number of piperidine rings is 1. The number of hydrogen-bond acceptors (Lipinski definition) is 2. The van der Waals surface area contributed by atoms with E-state index in [4.69, 9.17) is 4.74 Å². The average molecular weight is 281 g/mol. The van der Waals surface area contributed by atoms with Crippen molar-refractivity contribution in [2.45, 2.75) is 103 Å². The first-order valence-electron chi connectivity index (χ1n) is 8.64. The van der Waals surface area contributed by atoms with E-state index in [-0.39, 0.29) is 11.1 Å². The molecule has 0 spiro atoms. The van der Waals surface area contributed by atoms with Crippen LogP contribution in [-0.4, -0.2) is 34.7 Å². The fourth-order valence-electron chi connectivity index (χ4n) is 4.65. The maximum atomic E-state index is 6.15. The molecule has 118 valence electrons. The molecule has 0 unspecified atom stereocenters. The third-order valence-electron chi connectivity index (χ3n) is 5.30. The van der Waals surface area contributed by atoms with Gasteiger partial charge in [-0.2, -0.15) is 0 Å². The monoisotopic (exact) mass is 281 g/mol. The van der Waals surface area contributed by atoms with E-state index in [1.807, 2.05) is 0 Å². The number of ether oxygens (including phenoxy) is 1. The van der Waals surface area contributed by atoms with Gasteiger partial charge < -0.3 is 4.74 Å². The summed E-state index contributed by atoms with van der Waals surface area (Å²) in [7, 11) is 0. The predicted molar refractivity (Wildman–Crippen MR) is 86.1 cm³/mol. The Bertz CT molecular complexity index is 297. The molecule has 2 fully saturated rings. The van der Waals surface area contributed by atoms with E-state index in [1.54, 1.807) is 0 Å². The van der Waals surface area contributed by atoms with Gasteiger partial charge in [-0.3, -0.25) is 4.90 Å². The van der Waals surface area contributed by atoms with Crippen molar-refractivity contribution in [3.05, 3.63) is 0 Å². The summed E-state index contributed by atoms with van der Waals surface area (Å²) in [5.74, 6) is 0.927. The van der Waals surface area contributed by atoms with Gasteiger partial charge in [-0.05, 0) is 73.1 Å². The highest BCUT2D eigenvalue weighted by atomic mass is 16.5. The van der Waals surface area contributed by atoms with Crippen LogP contribution in [0.25, 0.3) is 0 Å². The zero-order valence-electron chi connectivity index (χ0n) is 14.5. The molecule has 0 aromatic rings. The summed E-state index contributed by atoms with van der Waals surface area (Å²) in [4.78, 5) is 2.79. The van der Waals surface area contributed by atoms with Crippen LogP contribution in [0.1, 0.15) is 80.1 Å². The van der Waals surface area contributed by atoms with Crippen molar-refractivity contribution >= 4 is 0 Å². The molecule has 0 N–H and O–H groups in total. The molecule has 1 saturated heterocycles. The summed E-state index contributed by atoms with van der Waals surface area (Å²) in [6.07, 6.45) is 8.86. The van der Waals surface area contributed by atoms with Gasteiger partial charge in [0.1, 0.15) is 0 Å². The molecule has 2 nitrogen and oxygen atoms in total. The summed E-state index contributed by atoms with van der Waals surface area (Å²) in [5.41, 5.74) is 0.508. The van der Waals surface area contributed by atoms with E-state index in [1.165, 1.54) is 45.1 Å². The van der Waals surface area contributed by atoms with E-state index < -0.39 is 0 Å². The second-order valence-electron chi connectivity index (χ2n) is 8.60. The van der Waals surface area contributed by atoms with Crippen LogP contribution in [0, 0.1) is 5.92 Å². The normalized spacial score (nSPS) is 28.4. The van der Waals surface area contributed by atoms with Crippen LogP contribution >= 0.6 is 0 Å². The van der Waals surface area contributed by atoms with Crippen LogP contribution in [0.15, 0.2) is 0 Å². The van der Waals surface area contributed by atoms with Crippen molar-refractivity contribution in [3.63, 3.8) is 0 Å². The Labute approximate surface area is 126 Å². The first kappa shape index (κ1) is 16.3. The van der Waals surface area contributed by atoms with Crippen LogP contribution in [0.2, 0.25) is 0 Å². The molecule has 0 aromatic carbocycles. The molecule has 20 heavy (non-hydrogen) atoms. The molecule has 0 bridgehead atoms. The fraction of sp³-hybridized carbons (Fsp3) is 1.00. The summed E-state index contributed by atoms with van der Waals surface area (Å²) in [6, 6.07) is 0. The minimum atomic E-state index is 0.254. The molecule has 0 radical (unpaired) electrons. The molecule has 2 rings (SSSR count). The number of rotatable bonds is 4. The van der Waals surface area contributed by atoms with Gasteiger partial charge in [0, 0.05) is 17.6 Å². The molecular weight excluding hydrogens is 246 g/mol. The summed E-state index contributed by atoms with van der Waals surface area (Å²) >= 11 is 0. The van der Waals surface area contributed by atoms with E-state index in [0.717, 1.165) is 5.92 Å². The topological polar surface area (TPSA) is 12.5 Å². The van der Waals surface area contributed by atoms with Gasteiger partial charge in [-0.15, -0.1) is 0 Å². The molecular formula is C18H35NO. The Balaban J connectivity index is 2.07. The molecule has 0 aromatic heterocycles. The minimum absolute atomic E-state index is 0.254. The first-order chi connectivity index (χ1) is 9.21. The van der Waals surface area contributed by atoms with Crippen molar-refractivity contribution < 1.29 is 4.74 Å². The van der Waals surface area contributed by atoms with Gasteiger partial charge in [-0.1, -0.05) is 12.8 Å². The van der Waals surface area contributed by atoms with Gasteiger partial charge >= 0.3 is 0 Å². The van der Waals surface area contributed by atoms with Crippen molar-refractivity contribution in [3.8, 4) is 0 Å².